The molecule has 1 amide bonds. The summed E-state index contributed by atoms with van der Waals surface area (Å²) in [5.74, 6) is -0.308. The quantitative estimate of drug-likeness (QED) is 0.854. The Balaban J connectivity index is 1.73. The Hall–Kier alpha value is -1.89. The Morgan fingerprint density at radius 1 is 1.17 bits per heavy atom. The van der Waals surface area contributed by atoms with Gasteiger partial charge in [0.25, 0.3) is 0 Å². The normalized spacial score (nSPS) is 15.8. The molecule has 0 unspecified atom stereocenters. The molecule has 2 aromatic carbocycles. The van der Waals surface area contributed by atoms with Crippen molar-refractivity contribution in [2.45, 2.75) is 24.0 Å². The van der Waals surface area contributed by atoms with Gasteiger partial charge in [-0.25, -0.2) is 13.6 Å². The van der Waals surface area contributed by atoms with Crippen LogP contribution in [0.1, 0.15) is 24.0 Å². The first-order valence-electron chi connectivity index (χ1n) is 7.45. The zero-order valence-corrected chi connectivity index (χ0v) is 14.4. The van der Waals surface area contributed by atoms with Crippen LogP contribution in [0.25, 0.3) is 0 Å². The lowest BCUT2D eigenvalue weighted by Crippen LogP contribution is -2.27. The Morgan fingerprint density at radius 3 is 2.38 bits per heavy atom. The molecule has 1 saturated carbocycles. The van der Waals surface area contributed by atoms with E-state index in [4.69, 9.17) is 16.7 Å². The molecule has 0 aliphatic heterocycles. The number of carbonyl (C=O) groups excluding carboxylic acids is 1. The summed E-state index contributed by atoms with van der Waals surface area (Å²) >= 11 is 6.02. The third-order valence-corrected chi connectivity index (χ3v) is 5.11. The van der Waals surface area contributed by atoms with Gasteiger partial charge in [0.15, 0.2) is 0 Å². The number of halogens is 1. The van der Waals surface area contributed by atoms with E-state index in [-0.39, 0.29) is 11.7 Å². The maximum atomic E-state index is 12.7. The van der Waals surface area contributed by atoms with E-state index in [0.29, 0.717) is 16.3 Å². The average molecular weight is 365 g/mol. The van der Waals surface area contributed by atoms with Crippen molar-refractivity contribution in [1.82, 2.24) is 0 Å². The van der Waals surface area contributed by atoms with Crippen LogP contribution in [-0.2, 0) is 26.0 Å². The van der Waals surface area contributed by atoms with Gasteiger partial charge in [-0.3, -0.25) is 4.79 Å². The molecule has 24 heavy (non-hydrogen) atoms. The van der Waals surface area contributed by atoms with E-state index in [2.05, 4.69) is 5.32 Å². The van der Waals surface area contributed by atoms with Crippen molar-refractivity contribution >= 4 is 33.2 Å². The number of nitrogens with one attached hydrogen (secondary N) is 1. The fraction of sp³-hybridized carbons (Fsp3) is 0.235. The largest absolute Gasteiger partial charge is 0.325 e. The topological polar surface area (TPSA) is 89.3 Å². The Bertz CT molecular complexity index is 875. The monoisotopic (exact) mass is 364 g/mol. The zero-order chi connectivity index (χ0) is 17.4. The standard InChI is InChI=1S/C17H17ClN2O3S/c18-14-3-1-2-13(10-14)17(8-9-17)16(21)20-15-6-4-12(5-7-15)11-24(19,22)23/h1-7,10H,8-9,11H2,(H,20,21)(H2,19,22,23). The molecule has 0 aromatic heterocycles. The predicted octanol–water partition coefficient (Wildman–Crippen LogP) is 2.80. The number of benzene rings is 2. The van der Waals surface area contributed by atoms with Crippen LogP contribution < -0.4 is 10.5 Å². The molecule has 0 radical (unpaired) electrons. The van der Waals surface area contributed by atoms with Crippen molar-refractivity contribution in [1.29, 1.82) is 0 Å². The molecule has 1 fully saturated rings. The summed E-state index contributed by atoms with van der Waals surface area (Å²) < 4.78 is 22.2. The van der Waals surface area contributed by atoms with Crippen molar-refractivity contribution in [3.05, 3.63) is 64.7 Å². The van der Waals surface area contributed by atoms with Gasteiger partial charge < -0.3 is 5.32 Å². The van der Waals surface area contributed by atoms with Crippen LogP contribution in [0, 0.1) is 0 Å². The highest BCUT2D eigenvalue weighted by Gasteiger charge is 2.51. The second-order valence-corrected chi connectivity index (χ2v) is 8.10. The number of nitrogens with two attached hydrogens (primary N) is 1. The Kier molecular flexibility index (Phi) is 4.38. The third-order valence-electron chi connectivity index (χ3n) is 4.14. The molecule has 0 bridgehead atoms. The summed E-state index contributed by atoms with van der Waals surface area (Å²) in [5.41, 5.74) is 1.58. The van der Waals surface area contributed by atoms with Crippen LogP contribution in [0.2, 0.25) is 5.02 Å². The highest BCUT2D eigenvalue weighted by atomic mass is 35.5. The minimum atomic E-state index is -3.57. The number of rotatable bonds is 5. The van der Waals surface area contributed by atoms with E-state index in [1.54, 1.807) is 30.3 Å². The molecule has 2 aromatic rings. The summed E-state index contributed by atoms with van der Waals surface area (Å²) in [6.07, 6.45) is 1.56. The van der Waals surface area contributed by atoms with Gasteiger partial charge in [0.05, 0.1) is 11.2 Å². The Labute approximate surface area is 145 Å². The average Bonchev–Trinajstić information content (AvgIpc) is 3.29. The summed E-state index contributed by atoms with van der Waals surface area (Å²) in [5, 5.41) is 8.52. The van der Waals surface area contributed by atoms with Crippen molar-refractivity contribution in [2.75, 3.05) is 5.32 Å². The van der Waals surface area contributed by atoms with E-state index in [1.165, 1.54) is 0 Å². The molecule has 3 rings (SSSR count). The van der Waals surface area contributed by atoms with Gasteiger partial charge >= 0.3 is 0 Å². The molecule has 0 heterocycles. The van der Waals surface area contributed by atoms with Gasteiger partial charge in [0.2, 0.25) is 15.9 Å². The smallest absolute Gasteiger partial charge is 0.235 e. The van der Waals surface area contributed by atoms with Crippen LogP contribution in [0.5, 0.6) is 0 Å². The number of primary sulfonamides is 1. The maximum Gasteiger partial charge on any atom is 0.235 e. The summed E-state index contributed by atoms with van der Waals surface area (Å²) in [7, 11) is -3.57. The van der Waals surface area contributed by atoms with E-state index in [0.717, 1.165) is 18.4 Å². The van der Waals surface area contributed by atoms with Crippen molar-refractivity contribution in [2.24, 2.45) is 5.14 Å². The third kappa shape index (κ3) is 3.77. The molecule has 5 nitrogen and oxygen atoms in total. The van der Waals surface area contributed by atoms with Gasteiger partial charge in [-0.15, -0.1) is 0 Å². The molecule has 7 heteroatoms. The SMILES string of the molecule is NS(=O)(=O)Cc1ccc(NC(=O)C2(c3cccc(Cl)c3)CC2)cc1. The second kappa shape index (κ2) is 6.20. The molecule has 0 saturated heterocycles. The number of hydrogen-bond donors (Lipinski definition) is 2. The molecule has 126 valence electrons. The van der Waals surface area contributed by atoms with Gasteiger partial charge in [-0.05, 0) is 48.2 Å². The first-order chi connectivity index (χ1) is 11.3. The van der Waals surface area contributed by atoms with Gasteiger partial charge in [-0.2, -0.15) is 0 Å². The van der Waals surface area contributed by atoms with Crippen molar-refractivity contribution in [3.63, 3.8) is 0 Å². The van der Waals surface area contributed by atoms with Gasteiger partial charge in [0.1, 0.15) is 0 Å². The first kappa shape index (κ1) is 17.0. The molecular weight excluding hydrogens is 348 g/mol. The lowest BCUT2D eigenvalue weighted by atomic mass is 9.95. The zero-order valence-electron chi connectivity index (χ0n) is 12.8. The Morgan fingerprint density at radius 2 is 1.83 bits per heavy atom. The van der Waals surface area contributed by atoms with E-state index < -0.39 is 15.4 Å². The van der Waals surface area contributed by atoms with Crippen LogP contribution in [0.3, 0.4) is 0 Å². The fourth-order valence-electron chi connectivity index (χ4n) is 2.73. The highest BCUT2D eigenvalue weighted by molar-refractivity contribution is 7.88. The first-order valence-corrected chi connectivity index (χ1v) is 9.55. The number of anilines is 1. The van der Waals surface area contributed by atoms with Gasteiger partial charge in [0, 0.05) is 10.7 Å². The van der Waals surface area contributed by atoms with E-state index in [1.807, 2.05) is 18.2 Å². The van der Waals surface area contributed by atoms with E-state index in [9.17, 15) is 13.2 Å². The minimum Gasteiger partial charge on any atom is -0.325 e. The van der Waals surface area contributed by atoms with Crippen LogP contribution in [0.15, 0.2) is 48.5 Å². The predicted molar refractivity (Wildman–Crippen MR) is 94.2 cm³/mol. The number of carbonyl (C=O) groups is 1. The number of sulfonamides is 1. The molecule has 3 N–H and O–H groups in total. The number of hydrogen-bond acceptors (Lipinski definition) is 3. The summed E-state index contributed by atoms with van der Waals surface area (Å²) in [6, 6.07) is 14.0. The molecule has 0 atom stereocenters. The molecule has 1 aliphatic rings. The minimum absolute atomic E-state index is 0.0797. The van der Waals surface area contributed by atoms with Gasteiger partial charge in [-0.1, -0.05) is 35.9 Å². The van der Waals surface area contributed by atoms with E-state index >= 15 is 0 Å². The van der Waals surface area contributed by atoms with Crippen molar-refractivity contribution < 1.29 is 13.2 Å². The van der Waals surface area contributed by atoms with Crippen LogP contribution >= 0.6 is 11.6 Å². The van der Waals surface area contributed by atoms with Crippen LogP contribution in [0.4, 0.5) is 5.69 Å². The number of amides is 1. The molecule has 0 spiro atoms. The maximum absolute atomic E-state index is 12.7. The lowest BCUT2D eigenvalue weighted by Gasteiger charge is -2.16. The summed E-state index contributed by atoms with van der Waals surface area (Å²) in [4.78, 5) is 12.7. The highest BCUT2D eigenvalue weighted by Crippen LogP contribution is 2.49. The van der Waals surface area contributed by atoms with Crippen molar-refractivity contribution in [3.8, 4) is 0 Å². The fourth-order valence-corrected chi connectivity index (χ4v) is 3.57. The molecule has 1 aliphatic carbocycles. The summed E-state index contributed by atoms with van der Waals surface area (Å²) in [6.45, 7) is 0. The lowest BCUT2D eigenvalue weighted by molar-refractivity contribution is -0.118. The molecular formula is C17H17ClN2O3S. The second-order valence-electron chi connectivity index (χ2n) is 6.05. The van der Waals surface area contributed by atoms with Crippen LogP contribution in [-0.4, -0.2) is 14.3 Å².